The minimum atomic E-state index is -0.566. The van der Waals surface area contributed by atoms with Crippen molar-refractivity contribution >= 4 is 55.1 Å². The second-order valence-electron chi connectivity index (χ2n) is 5.21. The van der Waals surface area contributed by atoms with Crippen LogP contribution in [0.3, 0.4) is 0 Å². The van der Waals surface area contributed by atoms with Crippen LogP contribution in [-0.2, 0) is 0 Å². The summed E-state index contributed by atoms with van der Waals surface area (Å²) in [5, 5.41) is 26.2. The zero-order chi connectivity index (χ0) is 18.1. The van der Waals surface area contributed by atoms with Crippen LogP contribution in [-0.4, -0.2) is 9.85 Å². The molecule has 0 heterocycles. The number of hydrogen-bond donors (Lipinski definition) is 2. The third-order valence-corrected chi connectivity index (χ3v) is 4.29. The van der Waals surface area contributed by atoms with Crippen molar-refractivity contribution < 1.29 is 9.85 Å². The van der Waals surface area contributed by atoms with Crippen molar-refractivity contribution in [2.24, 2.45) is 0 Å². The Bertz CT molecular complexity index is 1010. The fourth-order valence-electron chi connectivity index (χ4n) is 2.55. The van der Waals surface area contributed by atoms with Crippen LogP contribution in [0.25, 0.3) is 10.8 Å². The van der Waals surface area contributed by atoms with E-state index in [2.05, 4.69) is 21.2 Å². The van der Waals surface area contributed by atoms with Gasteiger partial charge in [0.05, 0.1) is 25.1 Å². The molecule has 0 aliphatic rings. The Balaban J connectivity index is 2.22. The van der Waals surface area contributed by atoms with E-state index in [-0.39, 0.29) is 32.3 Å². The summed E-state index contributed by atoms with van der Waals surface area (Å²) in [6.45, 7) is 0. The molecule has 0 bridgehead atoms. The lowest BCUT2D eigenvalue weighted by atomic mass is 10.1. The summed E-state index contributed by atoms with van der Waals surface area (Å²) in [6, 6.07) is 12.6. The van der Waals surface area contributed by atoms with Gasteiger partial charge in [-0.25, -0.2) is 0 Å². The molecule has 0 saturated carbocycles. The molecule has 0 unspecified atom stereocenters. The molecule has 0 fully saturated rings. The van der Waals surface area contributed by atoms with Gasteiger partial charge in [-0.2, -0.15) is 0 Å². The van der Waals surface area contributed by atoms with Gasteiger partial charge in [-0.3, -0.25) is 20.2 Å². The minimum Gasteiger partial charge on any atom is -0.399 e. The third kappa shape index (κ3) is 3.09. The van der Waals surface area contributed by atoms with Gasteiger partial charge in [-0.05, 0) is 64.5 Å². The van der Waals surface area contributed by atoms with Crippen LogP contribution < -0.4 is 11.1 Å². The highest BCUT2D eigenvalue weighted by Gasteiger charge is 2.25. The fraction of sp³-hybridized carbons (Fsp3) is 0. The van der Waals surface area contributed by atoms with Crippen molar-refractivity contribution in [1.29, 1.82) is 0 Å². The Morgan fingerprint density at radius 2 is 1.40 bits per heavy atom. The van der Waals surface area contributed by atoms with E-state index < -0.39 is 9.85 Å². The van der Waals surface area contributed by atoms with Crippen LogP contribution >= 0.6 is 15.9 Å². The van der Waals surface area contributed by atoms with Crippen LogP contribution in [0.4, 0.5) is 28.4 Å². The monoisotopic (exact) mass is 402 g/mol. The number of halogens is 1. The Labute approximate surface area is 149 Å². The van der Waals surface area contributed by atoms with E-state index in [1.54, 1.807) is 24.3 Å². The smallest absolute Gasteiger partial charge is 0.300 e. The number of nitrogens with zero attached hydrogens (tertiary/aromatic N) is 2. The molecular formula is C16H11BrN4O4. The number of nitrogen functional groups attached to an aromatic ring is 1. The van der Waals surface area contributed by atoms with E-state index >= 15 is 0 Å². The number of benzene rings is 3. The van der Waals surface area contributed by atoms with Crippen molar-refractivity contribution in [2.75, 3.05) is 11.1 Å². The summed E-state index contributed by atoms with van der Waals surface area (Å²) in [4.78, 5) is 21.8. The van der Waals surface area contributed by atoms with Crippen molar-refractivity contribution in [3.8, 4) is 0 Å². The van der Waals surface area contributed by atoms with Gasteiger partial charge in [-0.15, -0.1) is 0 Å². The number of fused-ring (bicyclic) bond motifs is 1. The highest BCUT2D eigenvalue weighted by atomic mass is 79.9. The average molecular weight is 403 g/mol. The predicted molar refractivity (Wildman–Crippen MR) is 99.1 cm³/mol. The lowest BCUT2D eigenvalue weighted by Crippen LogP contribution is -2.00. The highest BCUT2D eigenvalue weighted by molar-refractivity contribution is 9.10. The molecule has 0 aromatic heterocycles. The van der Waals surface area contributed by atoms with Crippen molar-refractivity contribution in [3.05, 3.63) is 73.2 Å². The maximum Gasteiger partial charge on any atom is 0.300 e. The molecule has 3 aromatic carbocycles. The fourth-order valence-corrected chi connectivity index (χ4v) is 3.04. The minimum absolute atomic E-state index is 0.181. The predicted octanol–water partition coefficient (Wildman–Crippen LogP) is 4.74. The van der Waals surface area contributed by atoms with Gasteiger partial charge in [-0.1, -0.05) is 0 Å². The average Bonchev–Trinajstić information content (AvgIpc) is 2.56. The zero-order valence-corrected chi connectivity index (χ0v) is 14.2. The van der Waals surface area contributed by atoms with Gasteiger partial charge in [0.15, 0.2) is 0 Å². The molecule has 126 valence electrons. The Morgan fingerprint density at radius 3 is 2.00 bits per heavy atom. The van der Waals surface area contributed by atoms with E-state index in [1.807, 2.05) is 0 Å². The molecule has 0 atom stereocenters. The first kappa shape index (κ1) is 16.7. The molecule has 0 spiro atoms. The lowest BCUT2D eigenvalue weighted by molar-refractivity contribution is -0.384. The number of nitro benzene ring substituents is 2. The Morgan fingerprint density at radius 1 is 0.840 bits per heavy atom. The van der Waals surface area contributed by atoms with E-state index in [9.17, 15) is 20.2 Å². The van der Waals surface area contributed by atoms with Gasteiger partial charge in [0.1, 0.15) is 5.69 Å². The molecule has 3 rings (SSSR count). The summed E-state index contributed by atoms with van der Waals surface area (Å²) < 4.78 is 0.263. The molecule has 0 aliphatic carbocycles. The molecule has 9 heteroatoms. The zero-order valence-electron chi connectivity index (χ0n) is 12.6. The molecule has 3 aromatic rings. The molecule has 0 aliphatic heterocycles. The van der Waals surface area contributed by atoms with E-state index in [0.29, 0.717) is 11.4 Å². The lowest BCUT2D eigenvalue weighted by Gasteiger charge is -2.10. The van der Waals surface area contributed by atoms with Gasteiger partial charge in [0, 0.05) is 11.4 Å². The maximum atomic E-state index is 11.6. The van der Waals surface area contributed by atoms with Crippen LogP contribution in [0, 0.1) is 20.2 Å². The standard InChI is InChI=1S/C16H11BrN4O4/c17-13-7-5-12-11(15(13)20(22)23)6-8-14(16(12)21(24)25)19-10-3-1-9(18)2-4-10/h1-8,19H,18H2. The number of nitro groups is 2. The molecule has 8 nitrogen and oxygen atoms in total. The van der Waals surface area contributed by atoms with E-state index in [4.69, 9.17) is 5.73 Å². The van der Waals surface area contributed by atoms with Crippen molar-refractivity contribution in [1.82, 2.24) is 0 Å². The molecule has 3 N–H and O–H groups in total. The number of nitrogens with two attached hydrogens (primary N) is 1. The van der Waals surface area contributed by atoms with E-state index in [1.165, 1.54) is 24.3 Å². The first-order valence-corrected chi connectivity index (χ1v) is 7.84. The summed E-state index contributed by atoms with van der Waals surface area (Å²) >= 11 is 3.12. The molecule has 0 amide bonds. The van der Waals surface area contributed by atoms with Crippen LogP contribution in [0.15, 0.2) is 53.0 Å². The normalized spacial score (nSPS) is 10.6. The summed E-state index contributed by atoms with van der Waals surface area (Å²) in [7, 11) is 0. The first-order chi connectivity index (χ1) is 11.9. The molecule has 25 heavy (non-hydrogen) atoms. The van der Waals surface area contributed by atoms with Crippen molar-refractivity contribution in [3.63, 3.8) is 0 Å². The highest BCUT2D eigenvalue weighted by Crippen LogP contribution is 2.41. The van der Waals surface area contributed by atoms with Gasteiger partial charge in [0.2, 0.25) is 0 Å². The van der Waals surface area contributed by atoms with Gasteiger partial charge < -0.3 is 11.1 Å². The SMILES string of the molecule is Nc1ccc(Nc2ccc3c([N+](=O)[O-])c(Br)ccc3c2[N+](=O)[O-])cc1. The summed E-state index contributed by atoms with van der Waals surface area (Å²) in [5.41, 5.74) is 6.60. The Kier molecular flexibility index (Phi) is 4.24. The maximum absolute atomic E-state index is 11.6. The molecular weight excluding hydrogens is 392 g/mol. The van der Waals surface area contributed by atoms with Crippen LogP contribution in [0.5, 0.6) is 0 Å². The second kappa shape index (κ2) is 6.36. The second-order valence-corrected chi connectivity index (χ2v) is 6.07. The number of rotatable bonds is 4. The first-order valence-electron chi connectivity index (χ1n) is 7.05. The number of hydrogen-bond acceptors (Lipinski definition) is 6. The molecule has 0 saturated heterocycles. The topological polar surface area (TPSA) is 124 Å². The van der Waals surface area contributed by atoms with E-state index in [0.717, 1.165) is 0 Å². The quantitative estimate of drug-likeness (QED) is 0.368. The number of anilines is 3. The van der Waals surface area contributed by atoms with Crippen molar-refractivity contribution in [2.45, 2.75) is 0 Å². The van der Waals surface area contributed by atoms with Gasteiger partial charge >= 0.3 is 5.69 Å². The molecule has 0 radical (unpaired) electrons. The van der Waals surface area contributed by atoms with Gasteiger partial charge in [0.25, 0.3) is 5.69 Å². The third-order valence-electron chi connectivity index (χ3n) is 3.65. The summed E-state index contributed by atoms with van der Waals surface area (Å²) in [5.74, 6) is 0. The number of nitrogens with one attached hydrogen (secondary N) is 1. The van der Waals surface area contributed by atoms with Crippen LogP contribution in [0.2, 0.25) is 0 Å². The Hall–Kier alpha value is -3.20. The summed E-state index contributed by atoms with van der Waals surface area (Å²) in [6.07, 6.45) is 0. The van der Waals surface area contributed by atoms with Crippen LogP contribution in [0.1, 0.15) is 0 Å². The largest absolute Gasteiger partial charge is 0.399 e.